The highest BCUT2D eigenvalue weighted by Gasteiger charge is 2.31. The minimum atomic E-state index is -1.42. The normalized spacial score (nSPS) is 14.0. The summed E-state index contributed by atoms with van der Waals surface area (Å²) in [6, 6.07) is 2.65. The molecule has 0 aliphatic rings. The van der Waals surface area contributed by atoms with Crippen LogP contribution in [0.25, 0.3) is 0 Å². The second-order valence-corrected chi connectivity index (χ2v) is 11.4. The molecule has 0 aliphatic heterocycles. The van der Waals surface area contributed by atoms with Crippen molar-refractivity contribution in [1.82, 2.24) is 0 Å². The lowest BCUT2D eigenvalue weighted by Crippen LogP contribution is -2.38. The third-order valence-corrected chi connectivity index (χ3v) is 4.70. The Morgan fingerprint density at radius 2 is 1.36 bits per heavy atom. The van der Waals surface area contributed by atoms with E-state index < -0.39 is 53.7 Å². The predicted octanol–water partition coefficient (Wildman–Crippen LogP) is 5.40. The zero-order valence-electron chi connectivity index (χ0n) is 24.1. The van der Waals surface area contributed by atoms with Crippen LogP contribution in [-0.2, 0) is 23.7 Å². The molecule has 3 N–H and O–H groups in total. The van der Waals surface area contributed by atoms with Gasteiger partial charge in [-0.25, -0.2) is 14.4 Å². The monoisotopic (exact) mass is 555 g/mol. The fourth-order valence-corrected chi connectivity index (χ4v) is 3.14. The molecule has 0 saturated heterocycles. The lowest BCUT2D eigenvalue weighted by molar-refractivity contribution is -0.139. The van der Waals surface area contributed by atoms with Crippen LogP contribution in [0.2, 0.25) is 0 Å². The standard InChI is InChI=1S/C27H41NO11/c1-15(2)14-34-23(31)35-16(3)12-18(21(28)22(29)30)17-10-11-19(36-24(32)38-26(4,5)6)20(13-17)37-25(33)39-27(7,8)9/h10-11,13,15-16,18,21H,12,14,28H2,1-9H3,(H,29,30)/t16?,18?,21-/m0/s1. The number of ether oxygens (including phenoxy) is 6. The summed E-state index contributed by atoms with van der Waals surface area (Å²) in [6.07, 6.45) is -3.83. The minimum absolute atomic E-state index is 0.0115. The molecule has 0 fully saturated rings. The number of rotatable bonds is 10. The first-order valence-corrected chi connectivity index (χ1v) is 12.5. The molecule has 2 unspecified atom stereocenters. The van der Waals surface area contributed by atoms with E-state index in [2.05, 4.69) is 0 Å². The van der Waals surface area contributed by atoms with Crippen molar-refractivity contribution in [3.8, 4) is 11.5 Å². The van der Waals surface area contributed by atoms with Gasteiger partial charge in [-0.3, -0.25) is 4.79 Å². The lowest BCUT2D eigenvalue weighted by atomic mass is 9.87. The van der Waals surface area contributed by atoms with E-state index in [-0.39, 0.29) is 30.4 Å². The molecular formula is C27H41NO11. The SMILES string of the molecule is CC(C)COC(=O)OC(C)CC(c1ccc(OC(=O)OC(C)(C)C)c(OC(=O)OC(C)(C)C)c1)[C@H](N)C(=O)O. The van der Waals surface area contributed by atoms with Crippen molar-refractivity contribution >= 4 is 24.4 Å². The molecule has 0 aromatic heterocycles. The van der Waals surface area contributed by atoms with Crippen LogP contribution >= 0.6 is 0 Å². The summed E-state index contributed by atoms with van der Waals surface area (Å²) in [5, 5.41) is 9.63. The molecule has 12 nitrogen and oxygen atoms in total. The van der Waals surface area contributed by atoms with Crippen molar-refractivity contribution in [2.24, 2.45) is 11.7 Å². The van der Waals surface area contributed by atoms with Gasteiger partial charge >= 0.3 is 24.4 Å². The van der Waals surface area contributed by atoms with E-state index >= 15 is 0 Å². The second-order valence-electron chi connectivity index (χ2n) is 11.4. The van der Waals surface area contributed by atoms with E-state index in [1.807, 2.05) is 13.8 Å². The Hall–Kier alpha value is -3.54. The zero-order chi connectivity index (χ0) is 30.1. The van der Waals surface area contributed by atoms with Crippen molar-refractivity contribution in [2.45, 2.75) is 98.0 Å². The number of benzene rings is 1. The molecule has 220 valence electrons. The van der Waals surface area contributed by atoms with Gasteiger partial charge in [0.25, 0.3) is 0 Å². The van der Waals surface area contributed by atoms with Crippen LogP contribution in [-0.4, -0.2) is 59.5 Å². The van der Waals surface area contributed by atoms with Crippen molar-refractivity contribution in [2.75, 3.05) is 6.61 Å². The molecule has 0 spiro atoms. The van der Waals surface area contributed by atoms with Crippen molar-refractivity contribution in [3.05, 3.63) is 23.8 Å². The molecule has 0 saturated carbocycles. The Labute approximate surface area is 229 Å². The maximum absolute atomic E-state index is 12.4. The molecule has 0 radical (unpaired) electrons. The van der Waals surface area contributed by atoms with Gasteiger partial charge in [0.1, 0.15) is 23.3 Å². The van der Waals surface area contributed by atoms with E-state index in [9.17, 15) is 24.3 Å². The first-order chi connectivity index (χ1) is 17.8. The number of carboxylic acid groups (broad SMARTS) is 1. The summed E-state index contributed by atoms with van der Waals surface area (Å²) >= 11 is 0. The number of carbonyl (C=O) groups is 4. The number of nitrogens with two attached hydrogens (primary N) is 1. The summed E-state index contributed by atoms with van der Waals surface area (Å²) in [5.41, 5.74) is 4.56. The van der Waals surface area contributed by atoms with Crippen LogP contribution in [0.4, 0.5) is 14.4 Å². The van der Waals surface area contributed by atoms with Crippen LogP contribution in [0, 0.1) is 5.92 Å². The highest BCUT2D eigenvalue weighted by molar-refractivity contribution is 5.75. The van der Waals surface area contributed by atoms with E-state index in [4.69, 9.17) is 34.2 Å². The van der Waals surface area contributed by atoms with Gasteiger partial charge in [0.2, 0.25) is 0 Å². The van der Waals surface area contributed by atoms with Gasteiger partial charge in [-0.05, 0) is 78.5 Å². The van der Waals surface area contributed by atoms with E-state index in [0.717, 1.165) is 0 Å². The molecule has 1 aromatic carbocycles. The minimum Gasteiger partial charge on any atom is -0.480 e. The van der Waals surface area contributed by atoms with Crippen molar-refractivity contribution < 1.29 is 52.7 Å². The van der Waals surface area contributed by atoms with Crippen molar-refractivity contribution in [1.29, 1.82) is 0 Å². The molecular weight excluding hydrogens is 514 g/mol. The summed E-state index contributed by atoms with van der Waals surface area (Å²) in [4.78, 5) is 48.5. The summed E-state index contributed by atoms with van der Waals surface area (Å²) < 4.78 is 31.2. The van der Waals surface area contributed by atoms with Gasteiger partial charge in [-0.2, -0.15) is 0 Å². The Kier molecular flexibility index (Phi) is 12.0. The zero-order valence-corrected chi connectivity index (χ0v) is 24.1. The fraction of sp³-hybridized carbons (Fsp3) is 0.630. The third-order valence-electron chi connectivity index (χ3n) is 4.70. The van der Waals surface area contributed by atoms with Crippen LogP contribution in [0.15, 0.2) is 18.2 Å². The van der Waals surface area contributed by atoms with E-state index in [1.165, 1.54) is 18.2 Å². The lowest BCUT2D eigenvalue weighted by Gasteiger charge is -2.25. The van der Waals surface area contributed by atoms with E-state index in [0.29, 0.717) is 5.56 Å². The molecule has 1 aromatic rings. The van der Waals surface area contributed by atoms with Gasteiger partial charge in [-0.1, -0.05) is 19.9 Å². The molecule has 0 heterocycles. The van der Waals surface area contributed by atoms with Gasteiger partial charge in [0.05, 0.1) is 6.61 Å². The maximum atomic E-state index is 12.4. The molecule has 0 amide bonds. The number of hydrogen-bond acceptors (Lipinski definition) is 11. The Balaban J connectivity index is 3.34. The van der Waals surface area contributed by atoms with Gasteiger partial charge < -0.3 is 39.3 Å². The number of hydrogen-bond donors (Lipinski definition) is 2. The number of aliphatic carboxylic acids is 1. The first kappa shape index (κ1) is 33.5. The van der Waals surface area contributed by atoms with Gasteiger partial charge in [0, 0.05) is 5.92 Å². The van der Waals surface area contributed by atoms with Crippen molar-refractivity contribution in [3.63, 3.8) is 0 Å². The average molecular weight is 556 g/mol. The maximum Gasteiger partial charge on any atom is 0.514 e. The van der Waals surface area contributed by atoms with Crippen LogP contribution in [0.3, 0.4) is 0 Å². The predicted molar refractivity (Wildman–Crippen MR) is 140 cm³/mol. The van der Waals surface area contributed by atoms with Crippen LogP contribution < -0.4 is 15.2 Å². The quantitative estimate of drug-likeness (QED) is 0.214. The smallest absolute Gasteiger partial charge is 0.480 e. The Morgan fingerprint density at radius 1 is 0.846 bits per heavy atom. The number of carbonyl (C=O) groups excluding carboxylic acids is 3. The third kappa shape index (κ3) is 13.2. The fourth-order valence-electron chi connectivity index (χ4n) is 3.14. The summed E-state index contributed by atoms with van der Waals surface area (Å²) in [7, 11) is 0. The van der Waals surface area contributed by atoms with Gasteiger partial charge in [0.15, 0.2) is 11.5 Å². The molecule has 12 heteroatoms. The Morgan fingerprint density at radius 3 is 1.82 bits per heavy atom. The highest BCUT2D eigenvalue weighted by Crippen LogP contribution is 2.35. The average Bonchev–Trinajstić information content (AvgIpc) is 2.74. The molecule has 0 aliphatic carbocycles. The second kappa shape index (κ2) is 14.0. The summed E-state index contributed by atoms with van der Waals surface area (Å²) in [6.45, 7) is 15.3. The molecule has 0 bridgehead atoms. The van der Waals surface area contributed by atoms with E-state index in [1.54, 1.807) is 48.5 Å². The molecule has 1 rings (SSSR count). The molecule has 39 heavy (non-hydrogen) atoms. The number of carboxylic acids is 1. The first-order valence-electron chi connectivity index (χ1n) is 12.5. The largest absolute Gasteiger partial charge is 0.514 e. The van der Waals surface area contributed by atoms with Gasteiger partial charge in [-0.15, -0.1) is 0 Å². The van der Waals surface area contributed by atoms with Crippen LogP contribution in [0.5, 0.6) is 11.5 Å². The van der Waals surface area contributed by atoms with Crippen LogP contribution in [0.1, 0.15) is 80.2 Å². The summed E-state index contributed by atoms with van der Waals surface area (Å²) in [5.74, 6) is -2.53. The topological polar surface area (TPSA) is 170 Å². The highest BCUT2D eigenvalue weighted by atomic mass is 16.8. The molecule has 3 atom stereocenters. The Bertz CT molecular complexity index is 1010.